The van der Waals surface area contributed by atoms with Crippen molar-refractivity contribution >= 4 is 11.9 Å². The summed E-state index contributed by atoms with van der Waals surface area (Å²) >= 11 is 0. The lowest BCUT2D eigenvalue weighted by Crippen LogP contribution is -2.60. The molecule has 482 valence electrons. The van der Waals surface area contributed by atoms with Crippen LogP contribution in [0.15, 0.2) is 36.5 Å². The fourth-order valence-electron chi connectivity index (χ4n) is 11.1. The number of rotatable bonds is 62. The molecule has 11 heteroatoms. The maximum Gasteiger partial charge on any atom is 0.305 e. The van der Waals surface area contributed by atoms with Crippen LogP contribution in [0.3, 0.4) is 0 Å². The molecule has 0 bridgehead atoms. The fourth-order valence-corrected chi connectivity index (χ4v) is 11.1. The Bertz CT molecular complexity index is 1460. The van der Waals surface area contributed by atoms with E-state index in [4.69, 9.17) is 14.2 Å². The average molecular weight is 1160 g/mol. The predicted molar refractivity (Wildman–Crippen MR) is 343 cm³/mol. The van der Waals surface area contributed by atoms with Gasteiger partial charge in [0.05, 0.1) is 32.0 Å². The standard InChI is InChI=1S/C71H133NO10/c1-3-5-7-9-11-13-37-41-45-49-53-57-64(74)63(62-81-71-70(79)69(78)68(77)65(61-73)82-71)72-66(75)58-54-50-46-42-39-35-33-31-29-27-25-23-21-19-17-15-16-18-20-22-24-26-28-30-32-34-36-40-44-48-52-56-60-80-67(76)59-55-51-47-43-38-14-12-10-8-6-4-2/h10,12,18,20,53,57,63-65,68-71,73-74,77-79H,3-9,11,13-17,19,21-52,54-56,58-62H2,1-2H3,(H,72,75)/b12-10-,20-18-,57-53+. The fraction of sp³-hybridized carbons (Fsp3) is 0.887. The lowest BCUT2D eigenvalue weighted by atomic mass is 9.99. The minimum Gasteiger partial charge on any atom is -0.466 e. The van der Waals surface area contributed by atoms with E-state index in [-0.39, 0.29) is 18.5 Å². The Morgan fingerprint density at radius 3 is 1.21 bits per heavy atom. The van der Waals surface area contributed by atoms with Crippen molar-refractivity contribution in [2.75, 3.05) is 19.8 Å². The van der Waals surface area contributed by atoms with Crippen LogP contribution in [0.5, 0.6) is 0 Å². The van der Waals surface area contributed by atoms with Crippen LogP contribution >= 0.6 is 0 Å². The van der Waals surface area contributed by atoms with Gasteiger partial charge in [-0.05, 0) is 77.0 Å². The number of carbonyl (C=O) groups excluding carboxylic acids is 2. The molecule has 0 radical (unpaired) electrons. The number of unbranched alkanes of at least 4 members (excludes halogenated alkanes) is 44. The highest BCUT2D eigenvalue weighted by Gasteiger charge is 2.44. The van der Waals surface area contributed by atoms with Crippen LogP contribution in [0.25, 0.3) is 0 Å². The molecule has 11 nitrogen and oxygen atoms in total. The summed E-state index contributed by atoms with van der Waals surface area (Å²) in [6.45, 7) is 4.32. The van der Waals surface area contributed by atoms with E-state index in [1.807, 2.05) is 6.08 Å². The number of nitrogens with one attached hydrogen (secondary N) is 1. The Morgan fingerprint density at radius 1 is 0.439 bits per heavy atom. The van der Waals surface area contributed by atoms with Gasteiger partial charge in [-0.25, -0.2) is 0 Å². The number of esters is 1. The molecule has 1 aliphatic heterocycles. The van der Waals surface area contributed by atoms with Crippen molar-refractivity contribution in [1.29, 1.82) is 0 Å². The molecule has 1 saturated heterocycles. The normalized spacial score (nSPS) is 18.4. The van der Waals surface area contributed by atoms with Crippen LogP contribution in [0, 0.1) is 0 Å². The zero-order valence-corrected chi connectivity index (χ0v) is 53.5. The highest BCUT2D eigenvalue weighted by Crippen LogP contribution is 2.23. The van der Waals surface area contributed by atoms with Crippen LogP contribution in [0.1, 0.15) is 341 Å². The van der Waals surface area contributed by atoms with Crippen molar-refractivity contribution in [3.63, 3.8) is 0 Å². The number of ether oxygens (including phenoxy) is 3. The lowest BCUT2D eigenvalue weighted by molar-refractivity contribution is -0.302. The molecule has 0 aliphatic carbocycles. The van der Waals surface area contributed by atoms with Crippen molar-refractivity contribution in [2.24, 2.45) is 0 Å². The van der Waals surface area contributed by atoms with E-state index < -0.39 is 49.5 Å². The van der Waals surface area contributed by atoms with Crippen LogP contribution in [0.4, 0.5) is 0 Å². The first-order chi connectivity index (χ1) is 40.2. The van der Waals surface area contributed by atoms with Gasteiger partial charge in [-0.1, -0.05) is 288 Å². The number of aliphatic hydroxyl groups excluding tert-OH is 5. The van der Waals surface area contributed by atoms with Gasteiger partial charge in [0.15, 0.2) is 6.29 Å². The summed E-state index contributed by atoms with van der Waals surface area (Å²) in [6, 6.07) is -0.807. The molecule has 0 spiro atoms. The zero-order valence-electron chi connectivity index (χ0n) is 53.5. The molecule has 0 aromatic carbocycles. The molecule has 1 rings (SSSR count). The smallest absolute Gasteiger partial charge is 0.305 e. The first kappa shape index (κ1) is 77.9. The highest BCUT2D eigenvalue weighted by atomic mass is 16.7. The van der Waals surface area contributed by atoms with Gasteiger partial charge >= 0.3 is 5.97 Å². The molecule has 0 aromatic rings. The van der Waals surface area contributed by atoms with E-state index in [1.165, 1.54) is 257 Å². The first-order valence-electron chi connectivity index (χ1n) is 35.3. The van der Waals surface area contributed by atoms with E-state index in [2.05, 4.69) is 43.5 Å². The molecular weight excluding hydrogens is 1030 g/mol. The monoisotopic (exact) mass is 1160 g/mol. The molecule has 1 aliphatic rings. The van der Waals surface area contributed by atoms with Gasteiger partial charge in [-0.3, -0.25) is 9.59 Å². The van der Waals surface area contributed by atoms with E-state index >= 15 is 0 Å². The van der Waals surface area contributed by atoms with Crippen LogP contribution in [-0.4, -0.2) is 100 Å². The summed E-state index contributed by atoms with van der Waals surface area (Å²) in [7, 11) is 0. The van der Waals surface area contributed by atoms with E-state index in [9.17, 15) is 35.1 Å². The minimum absolute atomic E-state index is 0.000413. The molecular formula is C71H133NO10. The topological polar surface area (TPSA) is 175 Å². The van der Waals surface area contributed by atoms with E-state index in [1.54, 1.807) is 6.08 Å². The quantitative estimate of drug-likeness (QED) is 0.0195. The van der Waals surface area contributed by atoms with Crippen molar-refractivity contribution in [3.05, 3.63) is 36.5 Å². The summed E-state index contributed by atoms with van der Waals surface area (Å²) < 4.78 is 16.7. The van der Waals surface area contributed by atoms with Crippen molar-refractivity contribution < 1.29 is 49.3 Å². The Hall–Kier alpha value is -2.12. The van der Waals surface area contributed by atoms with E-state index in [0.717, 1.165) is 57.8 Å². The largest absolute Gasteiger partial charge is 0.466 e. The third-order valence-electron chi connectivity index (χ3n) is 16.7. The highest BCUT2D eigenvalue weighted by molar-refractivity contribution is 5.76. The molecule has 1 amide bonds. The number of amides is 1. The van der Waals surface area contributed by atoms with Gasteiger partial charge in [-0.2, -0.15) is 0 Å². The maximum atomic E-state index is 13.0. The summed E-state index contributed by atoms with van der Waals surface area (Å²) in [4.78, 5) is 25.1. The summed E-state index contributed by atoms with van der Waals surface area (Å²) in [5, 5.41) is 54.4. The van der Waals surface area contributed by atoms with Crippen molar-refractivity contribution in [2.45, 2.75) is 384 Å². The Balaban J connectivity index is 1.94. The van der Waals surface area contributed by atoms with Crippen LogP contribution in [-0.2, 0) is 23.8 Å². The third-order valence-corrected chi connectivity index (χ3v) is 16.7. The van der Waals surface area contributed by atoms with Gasteiger partial charge in [0.2, 0.25) is 5.91 Å². The Kier molecular flexibility index (Phi) is 57.5. The van der Waals surface area contributed by atoms with Gasteiger partial charge in [0.1, 0.15) is 24.4 Å². The molecule has 7 unspecified atom stereocenters. The van der Waals surface area contributed by atoms with Crippen molar-refractivity contribution in [3.8, 4) is 0 Å². The molecule has 1 fully saturated rings. The minimum atomic E-state index is -1.57. The Morgan fingerprint density at radius 2 is 0.793 bits per heavy atom. The second-order valence-corrected chi connectivity index (χ2v) is 24.6. The number of allylic oxidation sites excluding steroid dienone is 5. The molecule has 0 aromatic heterocycles. The van der Waals surface area contributed by atoms with E-state index in [0.29, 0.717) is 19.4 Å². The van der Waals surface area contributed by atoms with Gasteiger partial charge in [-0.15, -0.1) is 0 Å². The summed E-state index contributed by atoms with van der Waals surface area (Å²) in [5.41, 5.74) is 0. The molecule has 0 saturated carbocycles. The first-order valence-corrected chi connectivity index (χ1v) is 35.3. The summed E-state index contributed by atoms with van der Waals surface area (Å²) in [5.74, 6) is -0.179. The van der Waals surface area contributed by atoms with Gasteiger partial charge < -0.3 is 45.1 Å². The zero-order chi connectivity index (χ0) is 59.5. The second kappa shape index (κ2) is 60.6. The molecule has 7 atom stereocenters. The molecule has 82 heavy (non-hydrogen) atoms. The maximum absolute atomic E-state index is 13.0. The SMILES string of the molecule is CCCC/C=C\CCCCCCCC(=O)OCCCCCCCCCCCCCC/C=C\CCCCCCCCCCCCCCCCCCC(=O)NC(COC1OC(CO)C(O)C(O)C1O)C(O)/C=C/CCCCCCCCCCC. The number of hydrogen-bond acceptors (Lipinski definition) is 10. The van der Waals surface area contributed by atoms with Gasteiger partial charge in [0.25, 0.3) is 0 Å². The number of carbonyl (C=O) groups is 2. The molecule has 6 N–H and O–H groups in total. The van der Waals surface area contributed by atoms with Gasteiger partial charge in [0, 0.05) is 12.8 Å². The van der Waals surface area contributed by atoms with Crippen LogP contribution in [0.2, 0.25) is 0 Å². The third kappa shape index (κ3) is 49.0. The molecule has 1 heterocycles. The Labute approximate surface area is 504 Å². The predicted octanol–water partition coefficient (Wildman–Crippen LogP) is 17.8. The number of aliphatic hydroxyl groups is 5. The number of hydrogen-bond donors (Lipinski definition) is 6. The second-order valence-electron chi connectivity index (χ2n) is 24.6. The van der Waals surface area contributed by atoms with Crippen molar-refractivity contribution in [1.82, 2.24) is 5.32 Å². The lowest BCUT2D eigenvalue weighted by Gasteiger charge is -2.40. The summed E-state index contributed by atoms with van der Waals surface area (Å²) in [6.07, 6.45) is 67.2. The van der Waals surface area contributed by atoms with Crippen LogP contribution < -0.4 is 5.32 Å². The average Bonchev–Trinajstić information content (AvgIpc) is 3.68.